The maximum absolute atomic E-state index is 0. The predicted molar refractivity (Wildman–Crippen MR) is 29.8 cm³/mol. The molecule has 0 aliphatic heterocycles. The Morgan fingerprint density at radius 1 is 0.500 bits per heavy atom. The Hall–Kier alpha value is 2.58. The molecule has 0 fully saturated rings. The quantitative estimate of drug-likeness (QED) is 0.403. The number of hydrogen-bond acceptors (Lipinski definition) is 0. The van der Waals surface area contributed by atoms with Gasteiger partial charge in [0.1, 0.15) is 0 Å². The maximum Gasteiger partial charge on any atom is 0.187 e. The summed E-state index contributed by atoms with van der Waals surface area (Å²) >= 11 is 0. The second-order valence-electron chi connectivity index (χ2n) is 0. The van der Waals surface area contributed by atoms with Crippen molar-refractivity contribution in [1.29, 1.82) is 0 Å². The fourth-order valence-electron chi connectivity index (χ4n) is 0. The molecule has 0 aliphatic rings. The minimum absolute atomic E-state index is 0. The van der Waals surface area contributed by atoms with Crippen LogP contribution in [-0.2, 0) is 0 Å². The minimum atomic E-state index is 0. The van der Waals surface area contributed by atoms with E-state index in [0.717, 1.165) is 0 Å². The fourth-order valence-corrected chi connectivity index (χ4v) is 0. The Balaban J connectivity index is 0. The summed E-state index contributed by atoms with van der Waals surface area (Å²) in [5.74, 6) is 0. The Kier molecular flexibility index (Phi) is 135. The van der Waals surface area contributed by atoms with E-state index in [4.69, 9.17) is 0 Å². The summed E-state index contributed by atoms with van der Waals surface area (Å²) in [4.78, 5) is 0. The van der Waals surface area contributed by atoms with Crippen LogP contribution in [0.25, 0.3) is 0 Å². The van der Waals surface area contributed by atoms with Crippen LogP contribution in [0.5, 0.6) is 0 Å². The summed E-state index contributed by atoms with van der Waals surface area (Å²) in [5, 5.41) is 0. The summed E-state index contributed by atoms with van der Waals surface area (Å²) < 4.78 is 0. The van der Waals surface area contributed by atoms with E-state index >= 15 is 0 Å². The van der Waals surface area contributed by atoms with E-state index in [2.05, 4.69) is 0 Å². The van der Waals surface area contributed by atoms with Crippen molar-refractivity contribution in [1.82, 2.24) is 0 Å². The van der Waals surface area contributed by atoms with Crippen molar-refractivity contribution in [2.24, 2.45) is 0 Å². The molecule has 0 amide bonds. The normalized spacial score (nSPS) is 0. The van der Waals surface area contributed by atoms with E-state index < -0.39 is 0 Å². The Labute approximate surface area is 80.0 Å². The fraction of sp³-hybridized carbons (Fsp3) is 0. The smallest absolute Gasteiger partial charge is 0 e. The molecule has 0 aromatic heterocycles. The van der Waals surface area contributed by atoms with Gasteiger partial charge in [0.2, 0.25) is 0 Å². The molecular formula is H9Al3Pu. The molecule has 0 spiro atoms. The molecule has 0 saturated carbocycles. The minimum Gasteiger partial charge on any atom is 0 e. The molecule has 0 aromatic rings. The van der Waals surface area contributed by atoms with Gasteiger partial charge in [0.05, 0.1) is 0 Å². The third-order valence-corrected chi connectivity index (χ3v) is 0. The largest absolute Gasteiger partial charge is 0.187 e. The first-order valence-electron chi connectivity index (χ1n) is 0. The van der Waals surface area contributed by atoms with E-state index in [1.165, 1.54) is 0 Å². The molecule has 4 heteroatoms. The van der Waals surface area contributed by atoms with Gasteiger partial charge in [0.25, 0.3) is 0 Å². The average Bonchev–Trinajstić information content (AvgIpc) is 0. The third kappa shape index (κ3) is 8.82. The van der Waals surface area contributed by atoms with Crippen LogP contribution < -0.4 is 0 Å². The van der Waals surface area contributed by atoms with E-state index in [0.29, 0.717) is 0 Å². The zero-order chi connectivity index (χ0) is 0. The van der Waals surface area contributed by atoms with Crippen molar-refractivity contribution in [3.8, 4) is 0 Å². The molecule has 0 atom stereocenters. The van der Waals surface area contributed by atoms with E-state index in [1.807, 2.05) is 0 Å². The van der Waals surface area contributed by atoms with Gasteiger partial charge in [-0.3, -0.25) is 0 Å². The van der Waals surface area contributed by atoms with Crippen LogP contribution >= 0.6 is 0 Å². The molecule has 0 N–H and O–H groups in total. The summed E-state index contributed by atoms with van der Waals surface area (Å²) in [7, 11) is 0. The Bertz CT molecular complexity index is 3.25. The molecule has 0 bridgehead atoms. The van der Waals surface area contributed by atoms with E-state index in [-0.39, 0.29) is 81.3 Å². The summed E-state index contributed by atoms with van der Waals surface area (Å²) in [6.07, 6.45) is 0. The molecule has 0 heterocycles. The van der Waals surface area contributed by atoms with Crippen LogP contribution in [0, 0.1) is 29.2 Å². The van der Waals surface area contributed by atoms with Gasteiger partial charge < -0.3 is 0 Å². The van der Waals surface area contributed by atoms with Gasteiger partial charge in [0, 0.05) is 29.2 Å². The Morgan fingerprint density at radius 2 is 0.500 bits per heavy atom. The van der Waals surface area contributed by atoms with Crippen molar-refractivity contribution in [2.45, 2.75) is 0 Å². The molecule has 0 aliphatic carbocycles. The first kappa shape index (κ1) is 30.7. The van der Waals surface area contributed by atoms with Crippen LogP contribution in [0.4, 0.5) is 0 Å². The van der Waals surface area contributed by atoms with Crippen LogP contribution in [0.3, 0.4) is 0 Å². The van der Waals surface area contributed by atoms with E-state index in [1.54, 1.807) is 0 Å². The maximum atomic E-state index is 0. The number of hydrogen-bond donors (Lipinski definition) is 0. The van der Waals surface area contributed by atoms with Gasteiger partial charge in [-0.25, -0.2) is 0 Å². The van der Waals surface area contributed by atoms with Crippen molar-refractivity contribution >= 4 is 52.1 Å². The SMILES string of the molecule is [AlH3].[AlH3].[AlH3].[Pu]. The monoisotopic (exact) mass is 328 g/mol. The Morgan fingerprint density at radius 3 is 0.500 bits per heavy atom. The summed E-state index contributed by atoms with van der Waals surface area (Å²) in [6.45, 7) is 0. The molecule has 0 saturated heterocycles. The first-order valence-corrected chi connectivity index (χ1v) is 0. The standard InChI is InChI=1S/3Al.Pu.9H. The van der Waals surface area contributed by atoms with Gasteiger partial charge >= 0.3 is 0 Å². The van der Waals surface area contributed by atoms with Crippen LogP contribution in [-0.4, -0.2) is 52.1 Å². The van der Waals surface area contributed by atoms with Crippen molar-refractivity contribution in [3.05, 3.63) is 0 Å². The number of rotatable bonds is 0. The van der Waals surface area contributed by atoms with Gasteiger partial charge in [-0.15, -0.1) is 0 Å². The zero-order valence-corrected chi connectivity index (χ0v) is 3.81. The molecule has 0 unspecified atom stereocenters. The average molecular weight is 334 g/mol. The van der Waals surface area contributed by atoms with Gasteiger partial charge in [0.15, 0.2) is 52.1 Å². The zero-order valence-electron chi connectivity index (χ0n) is 0.408. The first-order chi connectivity index (χ1) is 0. The third-order valence-electron chi connectivity index (χ3n) is 0. The summed E-state index contributed by atoms with van der Waals surface area (Å²) in [5.41, 5.74) is 0. The molecule has 0 radical (unpaired) electrons. The van der Waals surface area contributed by atoms with Crippen molar-refractivity contribution in [3.63, 3.8) is 0 Å². The van der Waals surface area contributed by atoms with Gasteiger partial charge in [-0.05, 0) is 0 Å². The van der Waals surface area contributed by atoms with E-state index in [9.17, 15) is 0 Å². The predicted octanol–water partition coefficient (Wildman–Crippen LogP) is -3.55. The molecule has 4 heavy (non-hydrogen) atoms. The molecule has 0 rings (SSSR count). The summed E-state index contributed by atoms with van der Waals surface area (Å²) in [6, 6.07) is 0. The van der Waals surface area contributed by atoms with Crippen LogP contribution in [0.15, 0.2) is 0 Å². The van der Waals surface area contributed by atoms with Crippen LogP contribution in [0.1, 0.15) is 0 Å². The van der Waals surface area contributed by atoms with Gasteiger partial charge in [-0.1, -0.05) is 0 Å². The van der Waals surface area contributed by atoms with Crippen molar-refractivity contribution < 1.29 is 29.2 Å². The van der Waals surface area contributed by atoms with Crippen molar-refractivity contribution in [2.75, 3.05) is 0 Å². The van der Waals surface area contributed by atoms with Crippen LogP contribution in [0.2, 0.25) is 0 Å². The molecule has 0 nitrogen and oxygen atoms in total. The topological polar surface area (TPSA) is 0 Å². The second-order valence-corrected chi connectivity index (χ2v) is 0. The molecule has 24 valence electrons. The molecule has 0 aromatic carbocycles. The molecular weight excluding hydrogens is 325 g/mol. The van der Waals surface area contributed by atoms with Gasteiger partial charge in [-0.2, -0.15) is 0 Å². The second kappa shape index (κ2) is 17.6.